The van der Waals surface area contributed by atoms with Crippen LogP contribution in [0.25, 0.3) is 0 Å². The van der Waals surface area contributed by atoms with Crippen LogP contribution in [0.2, 0.25) is 0 Å². The number of rotatable bonds is 4. The largest absolute Gasteiger partial charge is 0.457 e. The standard InChI is InChI=1S/C49H34N2O2/c1-3-16-33(17-4-1)50(35-30-31-42-47(32-35)53-46-29-14-11-25-41(46)51(42)34-18-5-2-6-19-34)43-26-15-24-40-48(43)36-20-7-8-21-37(36)49(40)38-22-9-12-27-44(38)52-45-28-13-10-23-39(45)49/h1-32,36-37H. The first-order chi connectivity index (χ1) is 26.3. The van der Waals surface area contributed by atoms with E-state index in [4.69, 9.17) is 9.47 Å². The van der Waals surface area contributed by atoms with Crippen molar-refractivity contribution in [2.45, 2.75) is 11.3 Å². The number of anilines is 6. The van der Waals surface area contributed by atoms with Crippen molar-refractivity contribution in [3.8, 4) is 23.0 Å². The van der Waals surface area contributed by atoms with Gasteiger partial charge >= 0.3 is 0 Å². The van der Waals surface area contributed by atoms with Gasteiger partial charge in [0.15, 0.2) is 11.5 Å². The fourth-order valence-electron chi connectivity index (χ4n) is 9.34. The van der Waals surface area contributed by atoms with Crippen molar-refractivity contribution in [1.82, 2.24) is 0 Å². The lowest BCUT2D eigenvalue weighted by molar-refractivity contribution is 0.374. The molecule has 4 nitrogen and oxygen atoms in total. The Morgan fingerprint density at radius 1 is 0.472 bits per heavy atom. The number of allylic oxidation sites excluding steroid dienone is 4. The Morgan fingerprint density at radius 3 is 1.85 bits per heavy atom. The molecule has 1 spiro atoms. The summed E-state index contributed by atoms with van der Waals surface area (Å²) in [5.74, 6) is 3.75. The first kappa shape index (κ1) is 29.9. The van der Waals surface area contributed by atoms with Crippen LogP contribution in [0.3, 0.4) is 0 Å². The zero-order chi connectivity index (χ0) is 34.9. The van der Waals surface area contributed by atoms with Crippen LogP contribution in [0, 0.1) is 5.92 Å². The number of nitrogens with zero attached hydrogens (tertiary/aromatic N) is 2. The van der Waals surface area contributed by atoms with E-state index in [0.29, 0.717) is 0 Å². The summed E-state index contributed by atoms with van der Waals surface area (Å²) in [6.07, 6.45) is 9.26. The predicted octanol–water partition coefficient (Wildman–Crippen LogP) is 13.0. The molecule has 0 bridgehead atoms. The molecule has 0 radical (unpaired) electrons. The van der Waals surface area contributed by atoms with Crippen molar-refractivity contribution in [3.05, 3.63) is 216 Å². The molecule has 2 heterocycles. The number of benzene rings is 7. The number of fused-ring (bicyclic) bond motifs is 11. The van der Waals surface area contributed by atoms with Crippen molar-refractivity contribution < 1.29 is 9.47 Å². The maximum Gasteiger partial charge on any atom is 0.153 e. The molecule has 0 saturated carbocycles. The molecule has 0 N–H and O–H groups in total. The van der Waals surface area contributed by atoms with Gasteiger partial charge in [-0.05, 0) is 77.9 Å². The molecular formula is C49H34N2O2. The molecule has 2 atom stereocenters. The van der Waals surface area contributed by atoms with Gasteiger partial charge < -0.3 is 19.3 Å². The van der Waals surface area contributed by atoms with Crippen molar-refractivity contribution in [1.29, 1.82) is 0 Å². The molecular weight excluding hydrogens is 649 g/mol. The van der Waals surface area contributed by atoms with Crippen LogP contribution in [-0.4, -0.2) is 0 Å². The van der Waals surface area contributed by atoms with Crippen molar-refractivity contribution in [2.75, 3.05) is 9.80 Å². The monoisotopic (exact) mass is 682 g/mol. The Labute approximate surface area is 309 Å². The zero-order valence-corrected chi connectivity index (χ0v) is 28.8. The van der Waals surface area contributed by atoms with Crippen LogP contribution in [0.4, 0.5) is 34.1 Å². The Hall–Kier alpha value is -6.78. The van der Waals surface area contributed by atoms with Crippen LogP contribution in [0.1, 0.15) is 28.2 Å². The van der Waals surface area contributed by atoms with E-state index in [1.54, 1.807) is 0 Å². The van der Waals surface area contributed by atoms with Gasteiger partial charge in [-0.1, -0.05) is 121 Å². The third-order valence-corrected chi connectivity index (χ3v) is 11.4. The molecule has 11 rings (SSSR count). The van der Waals surface area contributed by atoms with Gasteiger partial charge in [-0.15, -0.1) is 0 Å². The summed E-state index contributed by atoms with van der Waals surface area (Å²) in [4.78, 5) is 4.70. The van der Waals surface area contributed by atoms with Crippen molar-refractivity contribution in [3.63, 3.8) is 0 Å². The normalized spacial score (nSPS) is 17.7. The van der Waals surface area contributed by atoms with Gasteiger partial charge in [0.1, 0.15) is 11.5 Å². The number of hydrogen-bond acceptors (Lipinski definition) is 4. The SMILES string of the molecule is C1=CC2c3c(N(c4ccccc4)c4ccc5c(c4)Oc4ccccc4N5c4ccccc4)cccc3C3(c4ccccc4Oc4ccccc43)C2C=C1. The first-order valence-corrected chi connectivity index (χ1v) is 18.3. The van der Waals surface area contributed by atoms with E-state index < -0.39 is 5.41 Å². The molecule has 4 heteroatoms. The van der Waals surface area contributed by atoms with Crippen LogP contribution in [0.15, 0.2) is 194 Å². The minimum absolute atomic E-state index is 0.131. The van der Waals surface area contributed by atoms with Crippen molar-refractivity contribution >= 4 is 34.1 Å². The van der Waals surface area contributed by atoms with Crippen LogP contribution in [-0.2, 0) is 5.41 Å². The second kappa shape index (κ2) is 11.6. The van der Waals surface area contributed by atoms with Crippen LogP contribution in [0.5, 0.6) is 23.0 Å². The van der Waals surface area contributed by atoms with E-state index in [1.165, 1.54) is 22.3 Å². The average molecular weight is 683 g/mol. The fraction of sp³-hybridized carbons (Fsp3) is 0.0612. The smallest absolute Gasteiger partial charge is 0.153 e. The quantitative estimate of drug-likeness (QED) is 0.184. The Bertz CT molecular complexity index is 2560. The molecule has 53 heavy (non-hydrogen) atoms. The highest BCUT2D eigenvalue weighted by Gasteiger charge is 2.57. The van der Waals surface area contributed by atoms with E-state index >= 15 is 0 Å². The van der Waals surface area contributed by atoms with E-state index in [1.807, 2.05) is 12.1 Å². The summed E-state index contributed by atoms with van der Waals surface area (Å²) in [6, 6.07) is 60.2. The molecule has 7 aromatic rings. The minimum Gasteiger partial charge on any atom is -0.457 e. The lowest BCUT2D eigenvalue weighted by Gasteiger charge is -2.43. The highest BCUT2D eigenvalue weighted by molar-refractivity contribution is 5.90. The summed E-state index contributed by atoms with van der Waals surface area (Å²) >= 11 is 0. The van der Waals surface area contributed by atoms with Crippen LogP contribution < -0.4 is 19.3 Å². The van der Waals surface area contributed by atoms with E-state index in [9.17, 15) is 0 Å². The highest BCUT2D eigenvalue weighted by Crippen LogP contribution is 2.66. The molecule has 0 amide bonds. The van der Waals surface area contributed by atoms with Gasteiger partial charge in [0.2, 0.25) is 0 Å². The molecule has 2 unspecified atom stereocenters. The second-order valence-electron chi connectivity index (χ2n) is 14.0. The summed E-state index contributed by atoms with van der Waals surface area (Å²) < 4.78 is 13.4. The molecule has 0 aromatic heterocycles. The lowest BCUT2D eigenvalue weighted by Crippen LogP contribution is -2.37. The zero-order valence-electron chi connectivity index (χ0n) is 28.8. The average Bonchev–Trinajstić information content (AvgIpc) is 3.52. The topological polar surface area (TPSA) is 24.9 Å². The Kier molecular flexibility index (Phi) is 6.56. The molecule has 0 fully saturated rings. The molecule has 2 aliphatic carbocycles. The van der Waals surface area contributed by atoms with E-state index in [2.05, 4.69) is 192 Å². The Balaban J connectivity index is 1.15. The molecule has 2 aliphatic heterocycles. The molecule has 0 saturated heterocycles. The van der Waals surface area contributed by atoms with Gasteiger partial charge in [0, 0.05) is 46.1 Å². The second-order valence-corrected chi connectivity index (χ2v) is 14.0. The van der Waals surface area contributed by atoms with E-state index in [0.717, 1.165) is 57.1 Å². The number of ether oxygens (including phenoxy) is 2. The molecule has 252 valence electrons. The van der Waals surface area contributed by atoms with Gasteiger partial charge in [0.05, 0.1) is 22.5 Å². The number of hydrogen-bond donors (Lipinski definition) is 0. The number of para-hydroxylation sites is 6. The van der Waals surface area contributed by atoms with Crippen molar-refractivity contribution in [2.24, 2.45) is 5.92 Å². The van der Waals surface area contributed by atoms with Crippen LogP contribution >= 0.6 is 0 Å². The highest BCUT2D eigenvalue weighted by atomic mass is 16.5. The lowest BCUT2D eigenvalue weighted by atomic mass is 9.62. The summed E-state index contributed by atoms with van der Waals surface area (Å²) in [6.45, 7) is 0. The van der Waals surface area contributed by atoms with E-state index in [-0.39, 0.29) is 11.8 Å². The van der Waals surface area contributed by atoms with Gasteiger partial charge in [0.25, 0.3) is 0 Å². The third kappa shape index (κ3) is 4.30. The predicted molar refractivity (Wildman–Crippen MR) is 213 cm³/mol. The summed E-state index contributed by atoms with van der Waals surface area (Å²) in [7, 11) is 0. The fourth-order valence-corrected chi connectivity index (χ4v) is 9.34. The maximum absolute atomic E-state index is 6.74. The minimum atomic E-state index is -0.441. The molecule has 4 aliphatic rings. The third-order valence-electron chi connectivity index (χ3n) is 11.4. The summed E-state index contributed by atoms with van der Waals surface area (Å²) in [5.41, 5.74) is 11.0. The van der Waals surface area contributed by atoms with Gasteiger partial charge in [-0.3, -0.25) is 0 Å². The first-order valence-electron chi connectivity index (χ1n) is 18.3. The maximum atomic E-state index is 6.74. The van der Waals surface area contributed by atoms with Gasteiger partial charge in [-0.2, -0.15) is 0 Å². The van der Waals surface area contributed by atoms with Gasteiger partial charge in [-0.25, -0.2) is 0 Å². The Morgan fingerprint density at radius 2 is 1.08 bits per heavy atom. The summed E-state index contributed by atoms with van der Waals surface area (Å²) in [5, 5.41) is 0. The molecule has 7 aromatic carbocycles.